The second-order valence-corrected chi connectivity index (χ2v) is 7.29. The summed E-state index contributed by atoms with van der Waals surface area (Å²) >= 11 is 0. The monoisotopic (exact) mass is 407 g/mol. The highest BCUT2D eigenvalue weighted by Crippen LogP contribution is 2.30. The van der Waals surface area contributed by atoms with E-state index in [1.54, 1.807) is 43.5 Å². The average Bonchev–Trinajstić information content (AvgIpc) is 3.58. The van der Waals surface area contributed by atoms with E-state index in [1.165, 1.54) is 11.1 Å². The fourth-order valence-corrected chi connectivity index (χ4v) is 3.27. The van der Waals surface area contributed by atoms with Crippen molar-refractivity contribution in [1.29, 1.82) is 0 Å². The molecule has 5 rings (SSSR count). The minimum absolute atomic E-state index is 0.160. The first kappa shape index (κ1) is 21.8. The summed E-state index contributed by atoms with van der Waals surface area (Å²) in [6.45, 7) is 4.24. The number of carbonyl (C=O) groups excluding carboxylic acids is 2. The third kappa shape index (κ3) is 5.20. The van der Waals surface area contributed by atoms with Crippen molar-refractivity contribution in [2.45, 2.75) is 13.8 Å². The summed E-state index contributed by atoms with van der Waals surface area (Å²) in [5.41, 5.74) is 5.84. The molecule has 0 fully saturated rings. The maximum atomic E-state index is 12.0. The van der Waals surface area contributed by atoms with Gasteiger partial charge in [0.2, 0.25) is 0 Å². The summed E-state index contributed by atoms with van der Waals surface area (Å²) in [4.78, 5) is 28.0. The highest BCUT2D eigenvalue weighted by Gasteiger charge is 2.34. The summed E-state index contributed by atoms with van der Waals surface area (Å²) in [6.07, 6.45) is 23.5. The van der Waals surface area contributed by atoms with Crippen LogP contribution in [0.4, 0.5) is 0 Å². The number of hydrogen-bond donors (Lipinski definition) is 0. The van der Waals surface area contributed by atoms with Crippen LogP contribution in [0.3, 0.4) is 0 Å². The Labute approximate surface area is 183 Å². The van der Waals surface area contributed by atoms with Crippen LogP contribution < -0.4 is 0 Å². The lowest BCUT2D eigenvalue weighted by atomic mass is 10.1. The van der Waals surface area contributed by atoms with E-state index in [9.17, 15) is 9.59 Å². The number of ketones is 2. The lowest BCUT2D eigenvalue weighted by Crippen LogP contribution is -2.02. The van der Waals surface area contributed by atoms with E-state index in [0.717, 1.165) is 5.71 Å². The molecule has 154 valence electrons. The summed E-state index contributed by atoms with van der Waals surface area (Å²) in [5, 5.41) is 0. The van der Waals surface area contributed by atoms with Crippen LogP contribution in [0.2, 0.25) is 0 Å². The van der Waals surface area contributed by atoms with Crippen molar-refractivity contribution in [2.24, 2.45) is 4.99 Å². The van der Waals surface area contributed by atoms with Crippen LogP contribution in [0.1, 0.15) is 34.6 Å². The highest BCUT2D eigenvalue weighted by molar-refractivity contribution is 6.40. The van der Waals surface area contributed by atoms with E-state index in [0.29, 0.717) is 22.3 Å². The smallest absolute Gasteiger partial charge is 0.198 e. The first-order valence-corrected chi connectivity index (χ1v) is 10.1. The number of fused-ring (bicyclic) bond motifs is 1. The highest BCUT2D eigenvalue weighted by atomic mass is 16.2. The van der Waals surface area contributed by atoms with Crippen LogP contribution in [0.5, 0.6) is 0 Å². The number of aliphatic imine (C=N–C) groups is 1. The number of hydrogen-bond acceptors (Lipinski definition) is 3. The Hall–Kier alpha value is -3.85. The Kier molecular flexibility index (Phi) is 7.23. The van der Waals surface area contributed by atoms with Gasteiger partial charge in [0.1, 0.15) is 0 Å². The molecule has 3 nitrogen and oxygen atoms in total. The molecule has 1 aromatic carbocycles. The zero-order chi connectivity index (χ0) is 22.2. The van der Waals surface area contributed by atoms with Crippen molar-refractivity contribution in [1.82, 2.24) is 0 Å². The van der Waals surface area contributed by atoms with Crippen molar-refractivity contribution in [2.75, 3.05) is 7.05 Å². The summed E-state index contributed by atoms with van der Waals surface area (Å²) in [5.74, 6) is -0.321. The molecule has 0 heterocycles. The zero-order valence-corrected chi connectivity index (χ0v) is 18.0. The summed E-state index contributed by atoms with van der Waals surface area (Å²) in [7, 11) is 1.79. The van der Waals surface area contributed by atoms with Crippen LogP contribution in [0.25, 0.3) is 0 Å². The van der Waals surface area contributed by atoms with E-state index >= 15 is 0 Å². The molecular formula is C28H25NO2. The molecule has 0 aromatic heterocycles. The van der Waals surface area contributed by atoms with Crippen LogP contribution in [0, 0.1) is 0 Å². The molecule has 0 unspecified atom stereocenters. The minimum Gasteiger partial charge on any atom is -0.289 e. The lowest BCUT2D eigenvalue weighted by Gasteiger charge is -1.95. The van der Waals surface area contributed by atoms with Gasteiger partial charge in [0, 0.05) is 18.2 Å². The van der Waals surface area contributed by atoms with Gasteiger partial charge in [-0.15, -0.1) is 0 Å². The number of benzene rings is 1. The molecular weight excluding hydrogens is 382 g/mol. The molecule has 0 amide bonds. The Balaban J connectivity index is 0.000000152. The molecule has 0 saturated heterocycles. The maximum Gasteiger partial charge on any atom is 0.198 e. The molecule has 0 atom stereocenters. The molecule has 4 aliphatic rings. The van der Waals surface area contributed by atoms with Crippen LogP contribution in [0.15, 0.2) is 124 Å². The molecule has 0 aliphatic heterocycles. The lowest BCUT2D eigenvalue weighted by molar-refractivity contribution is 0.0988. The average molecular weight is 408 g/mol. The molecule has 0 bridgehead atoms. The Morgan fingerprint density at radius 2 is 1.13 bits per heavy atom. The standard InChI is InChI=1S/C14H8O2.C8H10.C6H7N/c15-13-10-7-3-4-8-11(10)14(16)12(13)9-5-1-2-6-9;1-7(2)8-5-3-4-6-8;1-7-6-4-2-3-5-6/h1-8H;3-6H,1-2H3;2-5H,1H3. The molecule has 31 heavy (non-hydrogen) atoms. The second kappa shape index (κ2) is 10.3. The van der Waals surface area contributed by atoms with Crippen LogP contribution in [-0.2, 0) is 0 Å². The first-order valence-electron chi connectivity index (χ1n) is 10.1. The van der Waals surface area contributed by atoms with Crippen molar-refractivity contribution >= 4 is 17.3 Å². The Morgan fingerprint density at radius 3 is 1.52 bits per heavy atom. The number of allylic oxidation sites excluding steroid dienone is 16. The summed E-state index contributed by atoms with van der Waals surface area (Å²) < 4.78 is 0. The van der Waals surface area contributed by atoms with E-state index in [1.807, 2.05) is 36.5 Å². The van der Waals surface area contributed by atoms with Gasteiger partial charge in [-0.2, -0.15) is 0 Å². The van der Waals surface area contributed by atoms with Crippen molar-refractivity contribution in [3.05, 3.63) is 131 Å². The van der Waals surface area contributed by atoms with Crippen molar-refractivity contribution < 1.29 is 9.59 Å². The van der Waals surface area contributed by atoms with Crippen LogP contribution in [-0.4, -0.2) is 24.3 Å². The largest absolute Gasteiger partial charge is 0.289 e. The Morgan fingerprint density at radius 1 is 0.677 bits per heavy atom. The van der Waals surface area contributed by atoms with Gasteiger partial charge in [-0.1, -0.05) is 90.6 Å². The van der Waals surface area contributed by atoms with Gasteiger partial charge in [-0.25, -0.2) is 0 Å². The van der Waals surface area contributed by atoms with E-state index in [2.05, 4.69) is 43.1 Å². The number of carbonyl (C=O) groups is 2. The second-order valence-electron chi connectivity index (χ2n) is 7.29. The maximum absolute atomic E-state index is 12.0. The third-order valence-corrected chi connectivity index (χ3v) is 4.97. The molecule has 0 spiro atoms. The molecule has 0 saturated carbocycles. The molecule has 0 radical (unpaired) electrons. The van der Waals surface area contributed by atoms with Gasteiger partial charge in [-0.3, -0.25) is 14.6 Å². The zero-order valence-electron chi connectivity index (χ0n) is 18.0. The number of rotatable bonds is 0. The molecule has 4 aliphatic carbocycles. The fraction of sp³-hybridized carbons (Fsp3) is 0.107. The Bertz CT molecular complexity index is 1090. The SMILES string of the molecule is CC(C)=C1C=CC=C1.CN=C1C=CC=C1.O=C1C(=C2C=CC=C2)C(=O)c2ccccc21. The third-order valence-electron chi connectivity index (χ3n) is 4.97. The quantitative estimate of drug-likeness (QED) is 0.384. The topological polar surface area (TPSA) is 46.5 Å². The summed E-state index contributed by atoms with van der Waals surface area (Å²) in [6, 6.07) is 6.95. The van der Waals surface area contributed by atoms with Crippen molar-refractivity contribution in [3.63, 3.8) is 0 Å². The molecule has 0 N–H and O–H groups in total. The molecule has 1 aromatic rings. The van der Waals surface area contributed by atoms with E-state index in [-0.39, 0.29) is 11.6 Å². The predicted octanol–water partition coefficient (Wildman–Crippen LogP) is 6.12. The fourth-order valence-electron chi connectivity index (χ4n) is 3.27. The van der Waals surface area contributed by atoms with Crippen molar-refractivity contribution in [3.8, 4) is 0 Å². The number of nitrogens with zero attached hydrogens (tertiary/aromatic N) is 1. The first-order chi connectivity index (χ1) is 15.0. The van der Waals surface area contributed by atoms with Gasteiger partial charge in [-0.05, 0) is 37.1 Å². The van der Waals surface area contributed by atoms with Gasteiger partial charge in [0.05, 0.1) is 11.3 Å². The van der Waals surface area contributed by atoms with E-state index in [4.69, 9.17) is 0 Å². The van der Waals surface area contributed by atoms with E-state index < -0.39 is 0 Å². The van der Waals surface area contributed by atoms with Gasteiger partial charge in [0.25, 0.3) is 0 Å². The van der Waals surface area contributed by atoms with Gasteiger partial charge < -0.3 is 0 Å². The number of Topliss-reactive ketones (excluding diaryl/α,β-unsaturated/α-hetero) is 2. The molecule has 3 heteroatoms. The van der Waals surface area contributed by atoms with Gasteiger partial charge in [0.15, 0.2) is 11.6 Å². The normalized spacial score (nSPS) is 16.6. The van der Waals surface area contributed by atoms with Gasteiger partial charge >= 0.3 is 0 Å². The minimum atomic E-state index is -0.160. The predicted molar refractivity (Wildman–Crippen MR) is 129 cm³/mol. The van der Waals surface area contributed by atoms with Crippen LogP contribution >= 0.6 is 0 Å².